The number of carbonyl (C=O) groups is 1. The lowest BCUT2D eigenvalue weighted by Gasteiger charge is -2.12. The van der Waals surface area contributed by atoms with E-state index in [2.05, 4.69) is 15.9 Å². The predicted octanol–water partition coefficient (Wildman–Crippen LogP) is 2.32. The monoisotopic (exact) mass is 271 g/mol. The van der Waals surface area contributed by atoms with Crippen LogP contribution in [0.3, 0.4) is 0 Å². The summed E-state index contributed by atoms with van der Waals surface area (Å²) in [7, 11) is 0. The van der Waals surface area contributed by atoms with Crippen molar-refractivity contribution in [1.29, 1.82) is 0 Å². The quantitative estimate of drug-likeness (QED) is 0.859. The highest BCUT2D eigenvalue weighted by Crippen LogP contribution is 2.23. The summed E-state index contributed by atoms with van der Waals surface area (Å²) in [5, 5.41) is 0. The topological polar surface area (TPSA) is 52.3 Å². The van der Waals surface area contributed by atoms with Gasteiger partial charge in [-0.15, -0.1) is 0 Å². The van der Waals surface area contributed by atoms with Crippen LogP contribution in [-0.2, 0) is 9.53 Å². The van der Waals surface area contributed by atoms with Crippen LogP contribution >= 0.6 is 15.9 Å². The Morgan fingerprint density at radius 2 is 2.27 bits per heavy atom. The molecule has 0 spiro atoms. The van der Waals surface area contributed by atoms with E-state index in [1.807, 2.05) is 25.1 Å². The van der Waals surface area contributed by atoms with Crippen molar-refractivity contribution < 1.29 is 9.53 Å². The highest BCUT2D eigenvalue weighted by Gasteiger charge is 2.19. The Morgan fingerprint density at radius 3 is 2.80 bits per heavy atom. The number of nitrogens with two attached hydrogens (primary N) is 1. The molecule has 0 aliphatic heterocycles. The number of hydrogen-bond donors (Lipinski definition) is 1. The molecule has 0 heterocycles. The summed E-state index contributed by atoms with van der Waals surface area (Å²) in [6, 6.07) is 4.95. The Bertz CT molecular complexity index is 366. The van der Waals surface area contributed by atoms with Crippen molar-refractivity contribution >= 4 is 21.9 Å². The van der Waals surface area contributed by atoms with Crippen LogP contribution in [0.15, 0.2) is 22.7 Å². The van der Waals surface area contributed by atoms with E-state index in [1.54, 1.807) is 6.92 Å². The molecule has 4 heteroatoms. The van der Waals surface area contributed by atoms with E-state index in [4.69, 9.17) is 10.5 Å². The molecule has 0 aliphatic rings. The summed E-state index contributed by atoms with van der Waals surface area (Å²) in [5.74, 6) is -0.401. The van der Waals surface area contributed by atoms with Crippen molar-refractivity contribution in [3.05, 3.63) is 33.8 Å². The number of halogens is 1. The van der Waals surface area contributed by atoms with Crippen LogP contribution in [0.2, 0.25) is 0 Å². The number of aryl methyl sites for hydroxylation is 1. The third-order valence-electron chi connectivity index (χ3n) is 2.03. The van der Waals surface area contributed by atoms with Crippen molar-refractivity contribution in [2.24, 2.45) is 5.73 Å². The van der Waals surface area contributed by atoms with Gasteiger partial charge in [-0.2, -0.15) is 0 Å². The molecule has 1 aromatic rings. The third kappa shape index (κ3) is 3.04. The van der Waals surface area contributed by atoms with Crippen LogP contribution < -0.4 is 5.73 Å². The fourth-order valence-electron chi connectivity index (χ4n) is 1.24. The van der Waals surface area contributed by atoms with E-state index in [1.165, 1.54) is 0 Å². The minimum absolute atomic E-state index is 0.343. The second-order valence-electron chi connectivity index (χ2n) is 3.25. The Balaban J connectivity index is 2.91. The molecule has 0 bridgehead atoms. The van der Waals surface area contributed by atoms with E-state index >= 15 is 0 Å². The first-order valence-electron chi connectivity index (χ1n) is 4.74. The van der Waals surface area contributed by atoms with Gasteiger partial charge in [0.2, 0.25) is 0 Å². The Morgan fingerprint density at radius 1 is 1.60 bits per heavy atom. The van der Waals surface area contributed by atoms with E-state index < -0.39 is 12.0 Å². The molecular formula is C11H14BrNO2. The van der Waals surface area contributed by atoms with Crippen LogP contribution in [0.1, 0.15) is 24.1 Å². The molecule has 1 rings (SSSR count). The van der Waals surface area contributed by atoms with Crippen molar-refractivity contribution in [3.8, 4) is 0 Å². The molecule has 3 nitrogen and oxygen atoms in total. The first kappa shape index (κ1) is 12.2. The summed E-state index contributed by atoms with van der Waals surface area (Å²) in [6.45, 7) is 4.08. The lowest BCUT2D eigenvalue weighted by atomic mass is 10.1. The average Bonchev–Trinajstić information content (AvgIpc) is 2.17. The number of esters is 1. The van der Waals surface area contributed by atoms with Crippen molar-refractivity contribution in [2.75, 3.05) is 6.61 Å². The highest BCUT2D eigenvalue weighted by atomic mass is 79.9. The molecule has 1 aromatic carbocycles. The van der Waals surface area contributed by atoms with Gasteiger partial charge in [0.15, 0.2) is 0 Å². The first-order valence-corrected chi connectivity index (χ1v) is 5.53. The zero-order valence-corrected chi connectivity index (χ0v) is 10.4. The maximum atomic E-state index is 11.4. The van der Waals surface area contributed by atoms with Gasteiger partial charge in [-0.25, -0.2) is 4.79 Å². The second-order valence-corrected chi connectivity index (χ2v) is 4.11. The fraction of sp³-hybridized carbons (Fsp3) is 0.364. The fourth-order valence-corrected chi connectivity index (χ4v) is 1.98. The summed E-state index contributed by atoms with van der Waals surface area (Å²) >= 11 is 3.38. The van der Waals surface area contributed by atoms with Gasteiger partial charge >= 0.3 is 5.97 Å². The maximum absolute atomic E-state index is 11.4. The summed E-state index contributed by atoms with van der Waals surface area (Å²) in [6.07, 6.45) is 0. The zero-order valence-electron chi connectivity index (χ0n) is 8.79. The molecule has 0 fully saturated rings. The largest absolute Gasteiger partial charge is 0.465 e. The van der Waals surface area contributed by atoms with Crippen LogP contribution in [0.4, 0.5) is 0 Å². The van der Waals surface area contributed by atoms with E-state index in [9.17, 15) is 4.79 Å². The number of benzene rings is 1. The zero-order chi connectivity index (χ0) is 11.4. The number of rotatable bonds is 3. The maximum Gasteiger partial charge on any atom is 0.327 e. The minimum Gasteiger partial charge on any atom is -0.465 e. The molecule has 0 aliphatic carbocycles. The first-order chi connectivity index (χ1) is 7.06. The molecule has 0 radical (unpaired) electrons. The number of hydrogen-bond acceptors (Lipinski definition) is 3. The van der Waals surface area contributed by atoms with Crippen molar-refractivity contribution in [3.63, 3.8) is 0 Å². The van der Waals surface area contributed by atoms with Gasteiger partial charge in [0.1, 0.15) is 6.04 Å². The summed E-state index contributed by atoms with van der Waals surface area (Å²) in [5.41, 5.74) is 7.63. The van der Waals surface area contributed by atoms with Gasteiger partial charge in [-0.1, -0.05) is 28.1 Å². The summed E-state index contributed by atoms with van der Waals surface area (Å²) in [4.78, 5) is 11.4. The standard InChI is InChI=1S/C11H14BrNO2/c1-3-15-11(14)10(13)8-5-4-7(2)6-9(8)12/h4-6,10H,3,13H2,1-2H3. The minimum atomic E-state index is -0.722. The van der Waals surface area contributed by atoms with Gasteiger partial charge in [-0.3, -0.25) is 0 Å². The van der Waals surface area contributed by atoms with Gasteiger partial charge < -0.3 is 10.5 Å². The number of ether oxygens (including phenoxy) is 1. The summed E-state index contributed by atoms with van der Waals surface area (Å²) < 4.78 is 5.69. The van der Waals surface area contributed by atoms with E-state index in [0.29, 0.717) is 6.61 Å². The normalized spacial score (nSPS) is 12.3. The van der Waals surface area contributed by atoms with Gasteiger partial charge in [0.25, 0.3) is 0 Å². The highest BCUT2D eigenvalue weighted by molar-refractivity contribution is 9.10. The molecule has 0 amide bonds. The average molecular weight is 272 g/mol. The smallest absolute Gasteiger partial charge is 0.327 e. The van der Waals surface area contributed by atoms with Crippen LogP contribution in [-0.4, -0.2) is 12.6 Å². The SMILES string of the molecule is CCOC(=O)C(N)c1ccc(C)cc1Br. The molecular weight excluding hydrogens is 258 g/mol. The van der Waals surface area contributed by atoms with Crippen molar-refractivity contribution in [1.82, 2.24) is 0 Å². The molecule has 82 valence electrons. The van der Waals surface area contributed by atoms with Gasteiger partial charge in [0.05, 0.1) is 6.61 Å². The number of carbonyl (C=O) groups excluding carboxylic acids is 1. The van der Waals surface area contributed by atoms with E-state index in [0.717, 1.165) is 15.6 Å². The third-order valence-corrected chi connectivity index (χ3v) is 2.72. The predicted molar refractivity (Wildman–Crippen MR) is 62.4 cm³/mol. The molecule has 2 N–H and O–H groups in total. The lowest BCUT2D eigenvalue weighted by Crippen LogP contribution is -2.24. The van der Waals surface area contributed by atoms with Crippen LogP contribution in [0.25, 0.3) is 0 Å². The lowest BCUT2D eigenvalue weighted by molar-refractivity contribution is -0.144. The molecule has 15 heavy (non-hydrogen) atoms. The van der Waals surface area contributed by atoms with E-state index in [-0.39, 0.29) is 0 Å². The van der Waals surface area contributed by atoms with Crippen LogP contribution in [0, 0.1) is 6.92 Å². The molecule has 0 aromatic heterocycles. The second kappa shape index (κ2) is 5.28. The Labute approximate surface area is 97.7 Å². The van der Waals surface area contributed by atoms with Gasteiger partial charge in [0, 0.05) is 4.47 Å². The van der Waals surface area contributed by atoms with Gasteiger partial charge in [-0.05, 0) is 31.0 Å². The van der Waals surface area contributed by atoms with Crippen molar-refractivity contribution in [2.45, 2.75) is 19.9 Å². The Hall–Kier alpha value is -0.870. The van der Waals surface area contributed by atoms with Crippen LogP contribution in [0.5, 0.6) is 0 Å². The molecule has 0 saturated carbocycles. The molecule has 1 atom stereocenters. The Kier molecular flexibility index (Phi) is 4.29. The molecule has 1 unspecified atom stereocenters. The molecule has 0 saturated heterocycles.